The van der Waals surface area contributed by atoms with Crippen molar-refractivity contribution in [2.24, 2.45) is 5.73 Å². The molecule has 0 aliphatic carbocycles. The van der Waals surface area contributed by atoms with E-state index >= 15 is 0 Å². The standard InChI is InChI=1S/C11H24N2O/c1-2-3-4-7-13-8-10(12)5-6-11(13)9-14/h10-11,14H,2-9,12H2,1H3/t10-,11-/m1/s1. The summed E-state index contributed by atoms with van der Waals surface area (Å²) in [5.74, 6) is 0. The maximum atomic E-state index is 9.22. The Balaban J connectivity index is 2.29. The highest BCUT2D eigenvalue weighted by Gasteiger charge is 2.24. The first kappa shape index (κ1) is 12.0. The van der Waals surface area contributed by atoms with Crippen molar-refractivity contribution in [1.29, 1.82) is 0 Å². The van der Waals surface area contributed by atoms with E-state index in [0.29, 0.717) is 18.7 Å². The topological polar surface area (TPSA) is 49.5 Å². The number of hydrogen-bond donors (Lipinski definition) is 2. The van der Waals surface area contributed by atoms with Crippen LogP contribution in [0, 0.1) is 0 Å². The highest BCUT2D eigenvalue weighted by molar-refractivity contribution is 4.82. The van der Waals surface area contributed by atoms with Crippen LogP contribution in [0.15, 0.2) is 0 Å². The molecule has 0 aromatic carbocycles. The molecular weight excluding hydrogens is 176 g/mol. The van der Waals surface area contributed by atoms with E-state index in [1.165, 1.54) is 19.3 Å². The average Bonchev–Trinajstić information content (AvgIpc) is 2.19. The van der Waals surface area contributed by atoms with E-state index in [2.05, 4.69) is 11.8 Å². The SMILES string of the molecule is CCCCCN1C[C@H](N)CC[C@@H]1CO. The zero-order valence-electron chi connectivity index (χ0n) is 9.28. The largest absolute Gasteiger partial charge is 0.395 e. The molecule has 3 heteroatoms. The molecule has 0 amide bonds. The van der Waals surface area contributed by atoms with E-state index in [0.717, 1.165) is 25.9 Å². The molecule has 0 radical (unpaired) electrons. The van der Waals surface area contributed by atoms with Crippen LogP contribution in [0.1, 0.15) is 39.0 Å². The van der Waals surface area contributed by atoms with Gasteiger partial charge in [0.15, 0.2) is 0 Å². The Morgan fingerprint density at radius 2 is 2.14 bits per heavy atom. The van der Waals surface area contributed by atoms with Crippen LogP contribution in [0.3, 0.4) is 0 Å². The minimum absolute atomic E-state index is 0.291. The number of hydrogen-bond acceptors (Lipinski definition) is 3. The molecule has 3 N–H and O–H groups in total. The first-order valence-corrected chi connectivity index (χ1v) is 5.88. The number of rotatable bonds is 5. The Labute approximate surface area is 87.3 Å². The number of nitrogens with zero attached hydrogens (tertiary/aromatic N) is 1. The van der Waals surface area contributed by atoms with E-state index in [-0.39, 0.29) is 0 Å². The molecule has 0 unspecified atom stereocenters. The number of aliphatic hydroxyl groups is 1. The molecule has 0 spiro atoms. The summed E-state index contributed by atoms with van der Waals surface area (Å²) in [5, 5.41) is 9.22. The summed E-state index contributed by atoms with van der Waals surface area (Å²) in [6.45, 7) is 4.58. The number of likely N-dealkylation sites (tertiary alicyclic amines) is 1. The van der Waals surface area contributed by atoms with E-state index < -0.39 is 0 Å². The highest BCUT2D eigenvalue weighted by atomic mass is 16.3. The Kier molecular flexibility index (Phi) is 5.45. The van der Waals surface area contributed by atoms with Crippen molar-refractivity contribution in [3.8, 4) is 0 Å². The molecule has 3 nitrogen and oxygen atoms in total. The van der Waals surface area contributed by atoms with Crippen molar-refractivity contribution in [2.45, 2.75) is 51.1 Å². The summed E-state index contributed by atoms with van der Waals surface area (Å²) in [4.78, 5) is 2.36. The van der Waals surface area contributed by atoms with E-state index in [4.69, 9.17) is 5.73 Å². The molecule has 0 saturated carbocycles. The quantitative estimate of drug-likeness (QED) is 0.650. The lowest BCUT2D eigenvalue weighted by Gasteiger charge is -2.37. The lowest BCUT2D eigenvalue weighted by Crippen LogP contribution is -2.50. The van der Waals surface area contributed by atoms with Crippen molar-refractivity contribution in [3.05, 3.63) is 0 Å². The van der Waals surface area contributed by atoms with Crippen LogP contribution in [-0.2, 0) is 0 Å². The van der Waals surface area contributed by atoms with Crippen LogP contribution in [0.25, 0.3) is 0 Å². The lowest BCUT2D eigenvalue weighted by atomic mass is 9.99. The molecule has 1 aliphatic heterocycles. The van der Waals surface area contributed by atoms with E-state index in [9.17, 15) is 5.11 Å². The number of unbranched alkanes of at least 4 members (excludes halogenated alkanes) is 2. The summed E-state index contributed by atoms with van der Waals surface area (Å²) in [7, 11) is 0. The van der Waals surface area contributed by atoms with Gasteiger partial charge in [-0.3, -0.25) is 4.90 Å². The number of aliphatic hydroxyl groups excluding tert-OH is 1. The summed E-state index contributed by atoms with van der Waals surface area (Å²) >= 11 is 0. The van der Waals surface area contributed by atoms with Crippen LogP contribution in [-0.4, -0.2) is 41.8 Å². The van der Waals surface area contributed by atoms with Crippen LogP contribution in [0.2, 0.25) is 0 Å². The predicted octanol–water partition coefficient (Wildman–Crippen LogP) is 0.961. The van der Waals surface area contributed by atoms with Gasteiger partial charge in [0, 0.05) is 18.6 Å². The zero-order valence-corrected chi connectivity index (χ0v) is 9.28. The van der Waals surface area contributed by atoms with Gasteiger partial charge in [0.2, 0.25) is 0 Å². The van der Waals surface area contributed by atoms with Crippen LogP contribution < -0.4 is 5.73 Å². The third-order valence-corrected chi connectivity index (χ3v) is 3.12. The van der Waals surface area contributed by atoms with Crippen molar-refractivity contribution in [3.63, 3.8) is 0 Å². The minimum Gasteiger partial charge on any atom is -0.395 e. The average molecular weight is 200 g/mol. The minimum atomic E-state index is 0.291. The molecule has 1 aliphatic rings. The number of nitrogens with two attached hydrogens (primary N) is 1. The van der Waals surface area contributed by atoms with Gasteiger partial charge in [-0.15, -0.1) is 0 Å². The van der Waals surface area contributed by atoms with Gasteiger partial charge in [0.05, 0.1) is 6.61 Å². The Bertz CT molecular complexity index is 152. The fourth-order valence-corrected chi connectivity index (χ4v) is 2.18. The van der Waals surface area contributed by atoms with Gasteiger partial charge >= 0.3 is 0 Å². The number of piperidine rings is 1. The molecule has 1 saturated heterocycles. The van der Waals surface area contributed by atoms with Gasteiger partial charge < -0.3 is 10.8 Å². The van der Waals surface area contributed by atoms with E-state index in [1.807, 2.05) is 0 Å². The van der Waals surface area contributed by atoms with Gasteiger partial charge in [0.1, 0.15) is 0 Å². The Hall–Kier alpha value is -0.120. The smallest absolute Gasteiger partial charge is 0.0586 e. The fraction of sp³-hybridized carbons (Fsp3) is 1.00. The van der Waals surface area contributed by atoms with Crippen molar-refractivity contribution in [1.82, 2.24) is 4.90 Å². The maximum Gasteiger partial charge on any atom is 0.0586 e. The highest BCUT2D eigenvalue weighted by Crippen LogP contribution is 2.16. The zero-order chi connectivity index (χ0) is 10.4. The second-order valence-electron chi connectivity index (χ2n) is 4.38. The van der Waals surface area contributed by atoms with Crippen LogP contribution in [0.5, 0.6) is 0 Å². The maximum absolute atomic E-state index is 9.22. The molecule has 84 valence electrons. The Morgan fingerprint density at radius 3 is 2.79 bits per heavy atom. The van der Waals surface area contributed by atoms with Crippen LogP contribution >= 0.6 is 0 Å². The van der Waals surface area contributed by atoms with Gasteiger partial charge in [0.25, 0.3) is 0 Å². The molecule has 1 rings (SSSR count). The van der Waals surface area contributed by atoms with Crippen molar-refractivity contribution in [2.75, 3.05) is 19.7 Å². The second-order valence-corrected chi connectivity index (χ2v) is 4.38. The molecule has 2 atom stereocenters. The Morgan fingerprint density at radius 1 is 1.36 bits per heavy atom. The lowest BCUT2D eigenvalue weighted by molar-refractivity contribution is 0.0799. The normalized spacial score (nSPS) is 29.4. The molecule has 1 heterocycles. The molecular formula is C11H24N2O. The molecule has 14 heavy (non-hydrogen) atoms. The van der Waals surface area contributed by atoms with Gasteiger partial charge in [-0.1, -0.05) is 19.8 Å². The summed E-state index contributed by atoms with van der Waals surface area (Å²) in [6.07, 6.45) is 5.90. The van der Waals surface area contributed by atoms with Crippen LogP contribution in [0.4, 0.5) is 0 Å². The molecule has 0 aromatic heterocycles. The summed E-state index contributed by atoms with van der Waals surface area (Å²) in [5.41, 5.74) is 5.92. The summed E-state index contributed by atoms with van der Waals surface area (Å²) in [6, 6.07) is 0.686. The van der Waals surface area contributed by atoms with Crippen molar-refractivity contribution < 1.29 is 5.11 Å². The fourth-order valence-electron chi connectivity index (χ4n) is 2.18. The molecule has 0 aromatic rings. The molecule has 1 fully saturated rings. The molecule has 0 bridgehead atoms. The van der Waals surface area contributed by atoms with Crippen molar-refractivity contribution >= 4 is 0 Å². The first-order valence-electron chi connectivity index (χ1n) is 5.88. The summed E-state index contributed by atoms with van der Waals surface area (Å²) < 4.78 is 0. The third kappa shape index (κ3) is 3.56. The monoisotopic (exact) mass is 200 g/mol. The second kappa shape index (κ2) is 6.38. The predicted molar refractivity (Wildman–Crippen MR) is 59.2 cm³/mol. The third-order valence-electron chi connectivity index (χ3n) is 3.12. The van der Waals surface area contributed by atoms with Gasteiger partial charge in [-0.05, 0) is 25.8 Å². The van der Waals surface area contributed by atoms with E-state index in [1.54, 1.807) is 0 Å². The van der Waals surface area contributed by atoms with Gasteiger partial charge in [-0.2, -0.15) is 0 Å². The van der Waals surface area contributed by atoms with Gasteiger partial charge in [-0.25, -0.2) is 0 Å². The first-order chi connectivity index (χ1) is 6.77.